The van der Waals surface area contributed by atoms with Gasteiger partial charge >= 0.3 is 0 Å². The van der Waals surface area contributed by atoms with Gasteiger partial charge in [-0.3, -0.25) is 24.4 Å². The fourth-order valence-corrected chi connectivity index (χ4v) is 9.18. The van der Waals surface area contributed by atoms with Gasteiger partial charge in [-0.05, 0) is 86.2 Å². The molecule has 2 amide bonds. The molecule has 16 nitrogen and oxygen atoms in total. The van der Waals surface area contributed by atoms with Crippen LogP contribution in [0.2, 0.25) is 0 Å². The number of aryl methyl sites for hydroxylation is 2. The molecule has 2 aromatic carbocycles. The van der Waals surface area contributed by atoms with E-state index < -0.39 is 0 Å². The van der Waals surface area contributed by atoms with E-state index in [-0.39, 0.29) is 17.9 Å². The molecule has 0 radical (unpaired) electrons. The van der Waals surface area contributed by atoms with Crippen molar-refractivity contribution in [3.63, 3.8) is 0 Å². The number of fused-ring (bicyclic) bond motifs is 3. The number of aromatic nitrogens is 7. The number of allylic oxidation sites excluding steroid dienone is 1. The van der Waals surface area contributed by atoms with Crippen molar-refractivity contribution in [1.82, 2.24) is 44.7 Å². The van der Waals surface area contributed by atoms with Crippen LogP contribution in [0, 0.1) is 0 Å². The molecule has 316 valence electrons. The molecule has 9 rings (SSSR count). The molecule has 2 saturated heterocycles. The molecule has 6 heterocycles. The van der Waals surface area contributed by atoms with E-state index in [0.29, 0.717) is 60.3 Å². The van der Waals surface area contributed by atoms with Crippen molar-refractivity contribution < 1.29 is 9.59 Å². The second-order valence-electron chi connectivity index (χ2n) is 16.5. The zero-order chi connectivity index (χ0) is 42.2. The number of nitrogens with zero attached hydrogens (tertiary/aromatic N) is 10. The lowest BCUT2D eigenvalue weighted by Crippen LogP contribution is -2.61. The number of carbonyl (C=O) groups is 2. The third-order valence-corrected chi connectivity index (χ3v) is 12.6. The predicted molar refractivity (Wildman–Crippen MR) is 239 cm³/mol. The van der Waals surface area contributed by atoms with Crippen molar-refractivity contribution in [3.05, 3.63) is 95.1 Å². The molecule has 3 N–H and O–H groups in total. The molecule has 4 aromatic heterocycles. The Bertz CT molecular complexity index is 2650. The quantitative estimate of drug-likeness (QED) is 0.0962. The van der Waals surface area contributed by atoms with Crippen LogP contribution in [0.5, 0.6) is 0 Å². The van der Waals surface area contributed by atoms with Gasteiger partial charge in [0, 0.05) is 106 Å². The van der Waals surface area contributed by atoms with Crippen LogP contribution in [0.3, 0.4) is 0 Å². The number of hydrogen-bond donors (Lipinski definition) is 3. The van der Waals surface area contributed by atoms with E-state index in [1.54, 1.807) is 17.0 Å². The highest BCUT2D eigenvalue weighted by molar-refractivity contribution is 5.93. The average Bonchev–Trinajstić information content (AvgIpc) is 3.92. The topological polar surface area (TPSA) is 163 Å². The Kier molecular flexibility index (Phi) is 11.0. The summed E-state index contributed by atoms with van der Waals surface area (Å²) >= 11 is 0. The molecular formula is C45H53N13O3. The largest absolute Gasteiger partial charge is 0.371 e. The van der Waals surface area contributed by atoms with Crippen LogP contribution in [0.15, 0.2) is 78.2 Å². The molecule has 1 unspecified atom stereocenters. The van der Waals surface area contributed by atoms with Crippen LogP contribution in [-0.2, 0) is 29.6 Å². The Morgan fingerprint density at radius 2 is 1.75 bits per heavy atom. The van der Waals surface area contributed by atoms with Crippen molar-refractivity contribution in [2.24, 2.45) is 7.05 Å². The third-order valence-electron chi connectivity index (χ3n) is 12.6. The lowest BCUT2D eigenvalue weighted by Gasteiger charge is -2.44. The van der Waals surface area contributed by atoms with Crippen LogP contribution in [0.1, 0.15) is 56.2 Å². The van der Waals surface area contributed by atoms with E-state index in [1.807, 2.05) is 34.4 Å². The van der Waals surface area contributed by atoms with Gasteiger partial charge in [-0.2, -0.15) is 10.1 Å². The normalized spacial score (nSPS) is 16.8. The highest BCUT2D eigenvalue weighted by atomic mass is 16.2. The summed E-state index contributed by atoms with van der Waals surface area (Å²) in [6.07, 6.45) is 9.26. The number of hydrogen-bond acceptors (Lipinski definition) is 12. The third kappa shape index (κ3) is 7.83. The van der Waals surface area contributed by atoms with E-state index >= 15 is 0 Å². The molecule has 1 aliphatic carbocycles. The Labute approximate surface area is 354 Å². The standard InChI is InChI=1S/C45H53N13O3/c1-5-20-57-44(61)37-25-46-45(51-42(37)58(57)39-16-9-30-8-7-29(6-2)41(30)50-39)49-31-10-12-34(13-11-31)55-22-17-32(18-23-55)48-33-26-56(27-33)35-14-15-36-38(24-35)54(4)52-43(36)53(3)21-19-40(60)47-28-59/h5,9-16,24-25,28-29,32-33,48H,1,6-8,17-23,26-27H2,2-4H3,(H,46,49,51)(H,47,59,60). The first-order valence-electron chi connectivity index (χ1n) is 21.3. The summed E-state index contributed by atoms with van der Waals surface area (Å²) < 4.78 is 5.33. The number of imide groups is 1. The Balaban J connectivity index is 0.788. The fraction of sp³-hybridized carbons (Fsp3) is 0.400. The van der Waals surface area contributed by atoms with Crippen molar-refractivity contribution in [2.75, 3.05) is 59.8 Å². The van der Waals surface area contributed by atoms with Gasteiger partial charge in [0.2, 0.25) is 18.3 Å². The number of nitrogens with one attached hydrogen (secondary N) is 3. The number of anilines is 5. The Hall–Kier alpha value is -6.55. The maximum absolute atomic E-state index is 13.5. The fourth-order valence-electron chi connectivity index (χ4n) is 9.18. The second kappa shape index (κ2) is 16.8. The number of carbonyl (C=O) groups excluding carboxylic acids is 2. The minimum atomic E-state index is -0.307. The summed E-state index contributed by atoms with van der Waals surface area (Å²) in [4.78, 5) is 57.1. The van der Waals surface area contributed by atoms with Crippen molar-refractivity contribution >= 4 is 63.1 Å². The first-order valence-corrected chi connectivity index (χ1v) is 21.3. The molecule has 6 aromatic rings. The van der Waals surface area contributed by atoms with Gasteiger partial charge < -0.3 is 25.3 Å². The molecule has 1 atom stereocenters. The number of benzene rings is 2. The monoisotopic (exact) mass is 823 g/mol. The van der Waals surface area contributed by atoms with Crippen LogP contribution in [0.25, 0.3) is 27.8 Å². The van der Waals surface area contributed by atoms with Gasteiger partial charge in [0.25, 0.3) is 5.56 Å². The van der Waals surface area contributed by atoms with Crippen LogP contribution in [0.4, 0.5) is 28.8 Å². The summed E-state index contributed by atoms with van der Waals surface area (Å²) in [7, 11) is 3.85. The highest BCUT2D eigenvalue weighted by Gasteiger charge is 2.31. The zero-order valence-corrected chi connectivity index (χ0v) is 35.0. The SMILES string of the molecule is C=CCn1c(=O)c2cnc(Nc3ccc(N4CCC(NC5CN(c6ccc7c(N(C)CCC(=O)NC=O)nn(C)c7c6)C5)CC4)cc3)nc2n1-c1ccc2c(n1)C(CC)CC2. The maximum atomic E-state index is 13.5. The Morgan fingerprint density at radius 3 is 2.51 bits per heavy atom. The maximum Gasteiger partial charge on any atom is 0.278 e. The van der Waals surface area contributed by atoms with Gasteiger partial charge in [0.1, 0.15) is 5.39 Å². The lowest BCUT2D eigenvalue weighted by atomic mass is 10.00. The molecule has 61 heavy (non-hydrogen) atoms. The van der Waals surface area contributed by atoms with E-state index in [4.69, 9.17) is 15.1 Å². The molecular weight excluding hydrogens is 771 g/mol. The summed E-state index contributed by atoms with van der Waals surface area (Å²) in [6.45, 7) is 10.7. The Morgan fingerprint density at radius 1 is 0.967 bits per heavy atom. The summed E-state index contributed by atoms with van der Waals surface area (Å²) in [5, 5.41) is 15.7. The van der Waals surface area contributed by atoms with Crippen molar-refractivity contribution in [2.45, 2.75) is 70.0 Å². The number of piperidine rings is 1. The molecule has 0 spiro atoms. The number of amides is 2. The molecule has 0 bridgehead atoms. The minimum Gasteiger partial charge on any atom is -0.371 e. The van der Waals surface area contributed by atoms with Gasteiger partial charge in [0.05, 0.1) is 12.1 Å². The molecule has 3 aliphatic rings. The van der Waals surface area contributed by atoms with E-state index in [2.05, 4.69) is 92.8 Å². The van der Waals surface area contributed by atoms with Crippen molar-refractivity contribution in [3.8, 4) is 5.82 Å². The molecule has 2 fully saturated rings. The summed E-state index contributed by atoms with van der Waals surface area (Å²) in [6, 6.07) is 19.9. The average molecular weight is 824 g/mol. The minimum absolute atomic E-state index is 0.174. The predicted octanol–water partition coefficient (Wildman–Crippen LogP) is 4.78. The van der Waals surface area contributed by atoms with Crippen LogP contribution < -0.4 is 36.2 Å². The molecule has 16 heteroatoms. The van der Waals surface area contributed by atoms with Gasteiger partial charge in [0.15, 0.2) is 17.3 Å². The summed E-state index contributed by atoms with van der Waals surface area (Å²) in [5.74, 6) is 2.01. The van der Waals surface area contributed by atoms with E-state index in [0.717, 1.165) is 86.4 Å². The first-order chi connectivity index (χ1) is 29.7. The van der Waals surface area contributed by atoms with E-state index in [1.165, 1.54) is 16.9 Å². The number of rotatable bonds is 15. The zero-order valence-electron chi connectivity index (χ0n) is 35.0. The van der Waals surface area contributed by atoms with Gasteiger partial charge in [-0.15, -0.1) is 6.58 Å². The van der Waals surface area contributed by atoms with Gasteiger partial charge in [-0.1, -0.05) is 19.1 Å². The lowest BCUT2D eigenvalue weighted by molar-refractivity contribution is -0.125. The molecule has 0 saturated carbocycles. The molecule has 2 aliphatic heterocycles. The van der Waals surface area contributed by atoms with Crippen LogP contribution in [-0.4, -0.2) is 98.3 Å². The second-order valence-corrected chi connectivity index (χ2v) is 16.5. The first kappa shape index (κ1) is 39.9. The number of pyridine rings is 1. The smallest absolute Gasteiger partial charge is 0.278 e. The highest BCUT2D eigenvalue weighted by Crippen LogP contribution is 2.35. The van der Waals surface area contributed by atoms with Crippen LogP contribution >= 0.6 is 0 Å². The van der Waals surface area contributed by atoms with Crippen molar-refractivity contribution in [1.29, 1.82) is 0 Å². The summed E-state index contributed by atoms with van der Waals surface area (Å²) in [5.41, 5.74) is 6.99. The van der Waals surface area contributed by atoms with Gasteiger partial charge in [-0.25, -0.2) is 19.3 Å². The van der Waals surface area contributed by atoms with E-state index in [9.17, 15) is 14.4 Å².